The van der Waals surface area contributed by atoms with Crippen LogP contribution in [0.3, 0.4) is 0 Å². The third-order valence-electron chi connectivity index (χ3n) is 2.44. The molecule has 0 atom stereocenters. The predicted molar refractivity (Wildman–Crippen MR) is 65.8 cm³/mol. The van der Waals surface area contributed by atoms with Crippen molar-refractivity contribution >= 4 is 32.8 Å². The van der Waals surface area contributed by atoms with Gasteiger partial charge in [-0.2, -0.15) is 0 Å². The van der Waals surface area contributed by atoms with Crippen LogP contribution in [0.1, 0.15) is 23.0 Å². The molecule has 1 heterocycles. The second-order valence-electron chi connectivity index (χ2n) is 3.46. The molecule has 2 rings (SSSR count). The van der Waals surface area contributed by atoms with E-state index in [1.165, 1.54) is 0 Å². The van der Waals surface area contributed by atoms with Gasteiger partial charge in [-0.05, 0) is 34.5 Å². The van der Waals surface area contributed by atoms with Crippen LogP contribution in [-0.2, 0) is 6.42 Å². The molecule has 0 radical (unpaired) electrons. The molecule has 0 unspecified atom stereocenters. The molecule has 82 valence electrons. The molecule has 3 nitrogen and oxygen atoms in total. The molecule has 4 heteroatoms. The van der Waals surface area contributed by atoms with Crippen molar-refractivity contribution in [2.24, 2.45) is 0 Å². The predicted octanol–water partition coefficient (Wildman–Crippen LogP) is 3.26. The summed E-state index contributed by atoms with van der Waals surface area (Å²) in [5.74, 6) is -0.916. The first kappa shape index (κ1) is 11.1. The SMILES string of the molecule is CCc1cc(C(=O)O)c2cccc(Br)c2n1. The number of para-hydroxylation sites is 1. The number of benzene rings is 1. The van der Waals surface area contributed by atoms with E-state index in [9.17, 15) is 4.79 Å². The number of fused-ring (bicyclic) bond motifs is 1. The van der Waals surface area contributed by atoms with E-state index < -0.39 is 5.97 Å². The van der Waals surface area contributed by atoms with Crippen molar-refractivity contribution in [3.8, 4) is 0 Å². The topological polar surface area (TPSA) is 50.2 Å². The second-order valence-corrected chi connectivity index (χ2v) is 4.31. The monoisotopic (exact) mass is 279 g/mol. The minimum absolute atomic E-state index is 0.308. The standard InChI is InChI=1S/C12H10BrNO2/c1-2-7-6-9(12(15)16)8-4-3-5-10(13)11(8)14-7/h3-6H,2H2,1H3,(H,15,16). The van der Waals surface area contributed by atoms with Crippen molar-refractivity contribution in [1.29, 1.82) is 0 Å². The van der Waals surface area contributed by atoms with Gasteiger partial charge in [0, 0.05) is 15.6 Å². The number of carbonyl (C=O) groups is 1. The highest BCUT2D eigenvalue weighted by atomic mass is 79.9. The van der Waals surface area contributed by atoms with Crippen molar-refractivity contribution in [3.63, 3.8) is 0 Å². The fourth-order valence-electron chi connectivity index (χ4n) is 1.62. The molecule has 0 amide bonds. The van der Waals surface area contributed by atoms with E-state index in [0.29, 0.717) is 16.5 Å². The fourth-order valence-corrected chi connectivity index (χ4v) is 2.08. The summed E-state index contributed by atoms with van der Waals surface area (Å²) in [5, 5.41) is 9.82. The summed E-state index contributed by atoms with van der Waals surface area (Å²) in [4.78, 5) is 15.6. The van der Waals surface area contributed by atoms with E-state index in [-0.39, 0.29) is 0 Å². The number of aryl methyl sites for hydroxylation is 1. The number of aromatic nitrogens is 1. The Morgan fingerprint density at radius 2 is 2.25 bits per heavy atom. The molecule has 2 aromatic rings. The maximum atomic E-state index is 11.2. The number of nitrogens with zero attached hydrogens (tertiary/aromatic N) is 1. The highest BCUT2D eigenvalue weighted by Crippen LogP contribution is 2.25. The zero-order valence-electron chi connectivity index (χ0n) is 8.70. The van der Waals surface area contributed by atoms with Gasteiger partial charge in [0.25, 0.3) is 0 Å². The molecule has 0 saturated carbocycles. The van der Waals surface area contributed by atoms with Gasteiger partial charge in [0.2, 0.25) is 0 Å². The molecule has 1 aromatic heterocycles. The number of halogens is 1. The smallest absolute Gasteiger partial charge is 0.336 e. The number of aromatic carboxylic acids is 1. The maximum Gasteiger partial charge on any atom is 0.336 e. The zero-order valence-corrected chi connectivity index (χ0v) is 10.3. The van der Waals surface area contributed by atoms with Crippen LogP contribution in [0.15, 0.2) is 28.7 Å². The molecule has 0 saturated heterocycles. The van der Waals surface area contributed by atoms with Gasteiger partial charge in [-0.3, -0.25) is 4.98 Å². The van der Waals surface area contributed by atoms with Gasteiger partial charge in [0.1, 0.15) is 0 Å². The van der Waals surface area contributed by atoms with Crippen molar-refractivity contribution in [2.75, 3.05) is 0 Å². The number of rotatable bonds is 2. The average molecular weight is 280 g/mol. The molecule has 0 aliphatic carbocycles. The summed E-state index contributed by atoms with van der Waals surface area (Å²) in [6.45, 7) is 1.96. The second kappa shape index (κ2) is 4.22. The Morgan fingerprint density at radius 3 is 2.88 bits per heavy atom. The maximum absolute atomic E-state index is 11.2. The molecular formula is C12H10BrNO2. The van der Waals surface area contributed by atoms with Crippen molar-refractivity contribution in [2.45, 2.75) is 13.3 Å². The number of hydrogen-bond donors (Lipinski definition) is 1. The normalized spacial score (nSPS) is 10.6. The van der Waals surface area contributed by atoms with Gasteiger partial charge in [-0.15, -0.1) is 0 Å². The third-order valence-corrected chi connectivity index (χ3v) is 3.08. The summed E-state index contributed by atoms with van der Waals surface area (Å²) < 4.78 is 0.822. The minimum atomic E-state index is -0.916. The molecule has 1 aromatic carbocycles. The molecule has 16 heavy (non-hydrogen) atoms. The number of carboxylic acids is 1. The fraction of sp³-hybridized carbons (Fsp3) is 0.167. The average Bonchev–Trinajstić information content (AvgIpc) is 2.28. The van der Waals surface area contributed by atoms with Gasteiger partial charge >= 0.3 is 5.97 Å². The van der Waals surface area contributed by atoms with Gasteiger partial charge in [0.05, 0.1) is 11.1 Å². The summed E-state index contributed by atoms with van der Waals surface area (Å²) >= 11 is 3.39. The van der Waals surface area contributed by atoms with Gasteiger partial charge < -0.3 is 5.11 Å². The molecule has 0 fully saturated rings. The van der Waals surface area contributed by atoms with Crippen LogP contribution >= 0.6 is 15.9 Å². The quantitative estimate of drug-likeness (QED) is 0.918. The molecule has 1 N–H and O–H groups in total. The van der Waals surface area contributed by atoms with Crippen LogP contribution in [0.4, 0.5) is 0 Å². The van der Waals surface area contributed by atoms with Crippen LogP contribution in [0.25, 0.3) is 10.9 Å². The minimum Gasteiger partial charge on any atom is -0.478 e. The summed E-state index contributed by atoms with van der Waals surface area (Å²) in [7, 11) is 0. The van der Waals surface area contributed by atoms with Gasteiger partial charge in [0.15, 0.2) is 0 Å². The van der Waals surface area contributed by atoms with E-state index in [4.69, 9.17) is 5.11 Å². The summed E-state index contributed by atoms with van der Waals surface area (Å²) in [5.41, 5.74) is 1.80. The van der Waals surface area contributed by atoms with E-state index in [2.05, 4.69) is 20.9 Å². The molecule has 0 bridgehead atoms. The first-order valence-electron chi connectivity index (χ1n) is 4.95. The van der Waals surface area contributed by atoms with E-state index >= 15 is 0 Å². The Morgan fingerprint density at radius 1 is 1.50 bits per heavy atom. The van der Waals surface area contributed by atoms with Gasteiger partial charge in [-0.25, -0.2) is 4.79 Å². The first-order valence-corrected chi connectivity index (χ1v) is 5.74. The zero-order chi connectivity index (χ0) is 11.7. The lowest BCUT2D eigenvalue weighted by Crippen LogP contribution is -2.01. The van der Waals surface area contributed by atoms with Crippen LogP contribution < -0.4 is 0 Å². The van der Waals surface area contributed by atoms with Crippen molar-refractivity contribution in [1.82, 2.24) is 4.98 Å². The lowest BCUT2D eigenvalue weighted by atomic mass is 10.1. The number of pyridine rings is 1. The molecule has 0 spiro atoms. The number of carboxylic acid groups (broad SMARTS) is 1. The lowest BCUT2D eigenvalue weighted by molar-refractivity contribution is 0.0699. The Kier molecular flexibility index (Phi) is 2.92. The van der Waals surface area contributed by atoms with E-state index in [1.807, 2.05) is 19.1 Å². The largest absolute Gasteiger partial charge is 0.478 e. The molecule has 0 aliphatic heterocycles. The Balaban J connectivity index is 2.87. The van der Waals surface area contributed by atoms with Gasteiger partial charge in [-0.1, -0.05) is 19.1 Å². The Hall–Kier alpha value is -1.42. The highest BCUT2D eigenvalue weighted by molar-refractivity contribution is 9.10. The number of hydrogen-bond acceptors (Lipinski definition) is 2. The Bertz CT molecular complexity index is 566. The van der Waals surface area contributed by atoms with E-state index in [1.54, 1.807) is 12.1 Å². The Labute approximate surface area is 101 Å². The van der Waals surface area contributed by atoms with Crippen LogP contribution in [0.2, 0.25) is 0 Å². The first-order chi connectivity index (χ1) is 7.63. The summed E-state index contributed by atoms with van der Waals surface area (Å²) in [6.07, 6.45) is 0.720. The van der Waals surface area contributed by atoms with Crippen LogP contribution in [0, 0.1) is 0 Å². The van der Waals surface area contributed by atoms with E-state index in [0.717, 1.165) is 16.6 Å². The van der Waals surface area contributed by atoms with Crippen molar-refractivity contribution in [3.05, 3.63) is 40.0 Å². The van der Waals surface area contributed by atoms with Crippen molar-refractivity contribution < 1.29 is 9.90 Å². The van der Waals surface area contributed by atoms with Crippen LogP contribution in [0.5, 0.6) is 0 Å². The lowest BCUT2D eigenvalue weighted by Gasteiger charge is -2.06. The highest BCUT2D eigenvalue weighted by Gasteiger charge is 2.12. The third kappa shape index (κ3) is 1.80. The summed E-state index contributed by atoms with van der Waals surface area (Å²) in [6, 6.07) is 7.08. The molecule has 0 aliphatic rings. The molecular weight excluding hydrogens is 270 g/mol. The van der Waals surface area contributed by atoms with Crippen LogP contribution in [-0.4, -0.2) is 16.1 Å².